The van der Waals surface area contributed by atoms with E-state index in [9.17, 15) is 0 Å². The molecule has 1 N–H and O–H groups in total. The van der Waals surface area contributed by atoms with Crippen LogP contribution in [-0.4, -0.2) is 12.6 Å². The molecule has 0 aliphatic carbocycles. The maximum Gasteiger partial charge on any atom is 0.00669 e. The zero-order chi connectivity index (χ0) is 15.8. The van der Waals surface area contributed by atoms with Crippen LogP contribution in [0.2, 0.25) is 0 Å². The Kier molecular flexibility index (Phi) is 16.3. The zero-order valence-corrected chi connectivity index (χ0v) is 15.6. The lowest BCUT2D eigenvalue weighted by Gasteiger charge is -2.19. The molecule has 0 aromatic carbocycles. The predicted octanol–water partition coefficient (Wildman–Crippen LogP) is 6.71. The van der Waals surface area contributed by atoms with E-state index in [-0.39, 0.29) is 0 Å². The van der Waals surface area contributed by atoms with Crippen molar-refractivity contribution < 1.29 is 0 Å². The van der Waals surface area contributed by atoms with Gasteiger partial charge in [-0.3, -0.25) is 0 Å². The Bertz CT molecular complexity index is 170. The van der Waals surface area contributed by atoms with Crippen LogP contribution in [0.4, 0.5) is 0 Å². The number of unbranched alkanes of at least 4 members (excludes halogenated alkanes) is 3. The minimum Gasteiger partial charge on any atom is -0.314 e. The van der Waals surface area contributed by atoms with Gasteiger partial charge in [-0.25, -0.2) is 0 Å². The molecule has 0 aliphatic rings. The quantitative estimate of drug-likeness (QED) is 0.312. The summed E-state index contributed by atoms with van der Waals surface area (Å²) in [5.74, 6) is 1.00. The first kappa shape index (κ1) is 21.0. The molecule has 1 nitrogen and oxygen atoms in total. The van der Waals surface area contributed by atoms with E-state index in [1.165, 1.54) is 90.0 Å². The van der Waals surface area contributed by atoms with Crippen LogP contribution in [0.5, 0.6) is 0 Å². The van der Waals surface area contributed by atoms with Crippen molar-refractivity contribution in [2.24, 2.45) is 5.92 Å². The second-order valence-electron chi connectivity index (χ2n) is 6.87. The van der Waals surface area contributed by atoms with Crippen molar-refractivity contribution in [1.82, 2.24) is 5.32 Å². The average molecular weight is 298 g/mol. The molecule has 0 spiro atoms. The summed E-state index contributed by atoms with van der Waals surface area (Å²) in [6.07, 6.45) is 18.1. The molecular formula is C20H43N. The van der Waals surface area contributed by atoms with Crippen molar-refractivity contribution in [2.45, 2.75) is 117 Å². The molecule has 0 aromatic heterocycles. The summed E-state index contributed by atoms with van der Waals surface area (Å²) in [4.78, 5) is 0. The van der Waals surface area contributed by atoms with Gasteiger partial charge in [-0.15, -0.1) is 0 Å². The number of hydrogen-bond donors (Lipinski definition) is 1. The minimum absolute atomic E-state index is 0.779. The summed E-state index contributed by atoms with van der Waals surface area (Å²) in [6.45, 7) is 10.5. The molecule has 128 valence electrons. The molecule has 0 amide bonds. The van der Waals surface area contributed by atoms with E-state index < -0.39 is 0 Å². The van der Waals surface area contributed by atoms with Crippen LogP contribution >= 0.6 is 0 Å². The zero-order valence-electron chi connectivity index (χ0n) is 15.6. The topological polar surface area (TPSA) is 12.0 Å². The predicted molar refractivity (Wildman–Crippen MR) is 98.0 cm³/mol. The molecule has 0 rings (SSSR count). The molecule has 0 heterocycles. The number of hydrogen-bond acceptors (Lipinski definition) is 1. The van der Waals surface area contributed by atoms with Gasteiger partial charge >= 0.3 is 0 Å². The Balaban J connectivity index is 3.69. The van der Waals surface area contributed by atoms with Gasteiger partial charge in [0, 0.05) is 6.04 Å². The monoisotopic (exact) mass is 297 g/mol. The fourth-order valence-corrected chi connectivity index (χ4v) is 3.35. The molecule has 21 heavy (non-hydrogen) atoms. The lowest BCUT2D eigenvalue weighted by Crippen LogP contribution is -2.29. The minimum atomic E-state index is 0.779. The van der Waals surface area contributed by atoms with Gasteiger partial charge in [0.15, 0.2) is 0 Å². The molecule has 0 bridgehead atoms. The van der Waals surface area contributed by atoms with E-state index in [1.807, 2.05) is 0 Å². The van der Waals surface area contributed by atoms with Gasteiger partial charge in [0.1, 0.15) is 0 Å². The van der Waals surface area contributed by atoms with Crippen molar-refractivity contribution in [3.05, 3.63) is 0 Å². The molecule has 0 radical (unpaired) electrons. The van der Waals surface area contributed by atoms with Gasteiger partial charge < -0.3 is 5.32 Å². The normalized spacial score (nSPS) is 14.3. The van der Waals surface area contributed by atoms with E-state index in [4.69, 9.17) is 0 Å². The van der Waals surface area contributed by atoms with Crippen LogP contribution in [0.1, 0.15) is 111 Å². The molecule has 0 saturated heterocycles. The number of rotatable bonds is 16. The van der Waals surface area contributed by atoms with Gasteiger partial charge in [-0.05, 0) is 31.7 Å². The Hall–Kier alpha value is -0.0400. The van der Waals surface area contributed by atoms with Gasteiger partial charge in [0.05, 0.1) is 0 Å². The first-order valence-corrected chi connectivity index (χ1v) is 10.0. The maximum absolute atomic E-state index is 3.80. The van der Waals surface area contributed by atoms with E-state index in [0.29, 0.717) is 0 Å². The molecule has 0 fully saturated rings. The lowest BCUT2D eigenvalue weighted by molar-refractivity contribution is 0.376. The van der Waals surface area contributed by atoms with Crippen LogP contribution in [0.25, 0.3) is 0 Å². The molecule has 1 heteroatoms. The van der Waals surface area contributed by atoms with Crippen molar-refractivity contribution in [3.63, 3.8) is 0 Å². The first-order chi connectivity index (χ1) is 10.3. The summed E-state index contributed by atoms with van der Waals surface area (Å²) >= 11 is 0. The molecule has 0 aliphatic heterocycles. The van der Waals surface area contributed by atoms with E-state index >= 15 is 0 Å². The molecule has 2 atom stereocenters. The summed E-state index contributed by atoms with van der Waals surface area (Å²) < 4.78 is 0. The summed E-state index contributed by atoms with van der Waals surface area (Å²) in [5.41, 5.74) is 0. The highest BCUT2D eigenvalue weighted by Crippen LogP contribution is 2.21. The molecular weight excluding hydrogens is 254 g/mol. The highest BCUT2D eigenvalue weighted by atomic mass is 14.9. The van der Waals surface area contributed by atoms with Gasteiger partial charge in [0.25, 0.3) is 0 Å². The molecule has 2 unspecified atom stereocenters. The SMILES string of the molecule is CCCCC(CCC)CCCCNC(CCC)CCCC. The van der Waals surface area contributed by atoms with Gasteiger partial charge in [0.2, 0.25) is 0 Å². The largest absolute Gasteiger partial charge is 0.314 e. The highest BCUT2D eigenvalue weighted by molar-refractivity contribution is 4.67. The third kappa shape index (κ3) is 13.4. The Labute approximate surface area is 135 Å². The van der Waals surface area contributed by atoms with Crippen molar-refractivity contribution in [3.8, 4) is 0 Å². The fourth-order valence-electron chi connectivity index (χ4n) is 3.35. The standard InChI is InChI=1S/C20H43N/c1-5-9-15-19(13-7-3)16-11-12-18-21-20(14-8-4)17-10-6-2/h19-21H,5-18H2,1-4H3. The van der Waals surface area contributed by atoms with Crippen molar-refractivity contribution >= 4 is 0 Å². The maximum atomic E-state index is 3.80. The van der Waals surface area contributed by atoms with Crippen LogP contribution < -0.4 is 5.32 Å². The van der Waals surface area contributed by atoms with Gasteiger partial charge in [-0.2, -0.15) is 0 Å². The fraction of sp³-hybridized carbons (Fsp3) is 1.00. The molecule has 0 saturated carbocycles. The second-order valence-corrected chi connectivity index (χ2v) is 6.87. The first-order valence-electron chi connectivity index (χ1n) is 10.0. The van der Waals surface area contributed by atoms with Crippen LogP contribution in [0, 0.1) is 5.92 Å². The van der Waals surface area contributed by atoms with E-state index in [1.54, 1.807) is 0 Å². The van der Waals surface area contributed by atoms with Crippen LogP contribution in [0.3, 0.4) is 0 Å². The summed E-state index contributed by atoms with van der Waals surface area (Å²) in [5, 5.41) is 3.80. The number of nitrogens with one attached hydrogen (secondary N) is 1. The third-order valence-corrected chi connectivity index (χ3v) is 4.68. The Morgan fingerprint density at radius 3 is 1.81 bits per heavy atom. The van der Waals surface area contributed by atoms with E-state index in [2.05, 4.69) is 33.0 Å². The average Bonchev–Trinajstić information content (AvgIpc) is 2.49. The Morgan fingerprint density at radius 2 is 1.19 bits per heavy atom. The summed E-state index contributed by atoms with van der Waals surface area (Å²) in [6, 6.07) is 0.779. The van der Waals surface area contributed by atoms with Crippen LogP contribution in [0.15, 0.2) is 0 Å². The smallest absolute Gasteiger partial charge is 0.00669 e. The van der Waals surface area contributed by atoms with Crippen LogP contribution in [-0.2, 0) is 0 Å². The molecule has 0 aromatic rings. The van der Waals surface area contributed by atoms with E-state index in [0.717, 1.165) is 12.0 Å². The third-order valence-electron chi connectivity index (χ3n) is 4.68. The second kappa shape index (κ2) is 16.3. The Morgan fingerprint density at radius 1 is 0.571 bits per heavy atom. The van der Waals surface area contributed by atoms with Gasteiger partial charge in [-0.1, -0.05) is 91.9 Å². The lowest BCUT2D eigenvalue weighted by atomic mass is 9.92. The van der Waals surface area contributed by atoms with Crippen molar-refractivity contribution in [1.29, 1.82) is 0 Å². The van der Waals surface area contributed by atoms with Crippen molar-refractivity contribution in [2.75, 3.05) is 6.54 Å². The highest BCUT2D eigenvalue weighted by Gasteiger charge is 2.08. The summed E-state index contributed by atoms with van der Waals surface area (Å²) in [7, 11) is 0.